The molecule has 19 heavy (non-hydrogen) atoms. The second kappa shape index (κ2) is 6.62. The summed E-state index contributed by atoms with van der Waals surface area (Å²) >= 11 is 6.26. The fraction of sp³-hybridized carbons (Fsp3) is 0.625. The van der Waals surface area contributed by atoms with Gasteiger partial charge in [-0.15, -0.1) is 0 Å². The Morgan fingerprint density at radius 2 is 2.16 bits per heavy atom. The van der Waals surface area contributed by atoms with Crippen molar-refractivity contribution in [1.82, 2.24) is 5.32 Å². The Labute approximate surface area is 121 Å². The normalized spacial score (nSPS) is 16.8. The van der Waals surface area contributed by atoms with Gasteiger partial charge in [0.2, 0.25) is 0 Å². The Morgan fingerprint density at radius 3 is 2.84 bits per heavy atom. The molecule has 0 fully saturated rings. The molecule has 1 aliphatic rings. The molecular weight excluding hydrogens is 258 g/mol. The highest BCUT2D eigenvalue weighted by atomic mass is 35.5. The van der Waals surface area contributed by atoms with Crippen LogP contribution in [0, 0.1) is 5.92 Å². The third-order valence-corrected chi connectivity index (χ3v) is 4.16. The monoisotopic (exact) mass is 281 g/mol. The molecule has 106 valence electrons. The SMILES string of the molecule is CCNC(CC(C)CC)c1cc(Cl)cc2c1OCC2. The summed E-state index contributed by atoms with van der Waals surface area (Å²) in [6.07, 6.45) is 3.30. The Hall–Kier alpha value is -0.730. The third kappa shape index (κ3) is 3.43. The molecule has 0 amide bonds. The maximum absolute atomic E-state index is 6.26. The van der Waals surface area contributed by atoms with E-state index in [-0.39, 0.29) is 0 Å². The zero-order chi connectivity index (χ0) is 13.8. The second-order valence-corrected chi connectivity index (χ2v) is 5.88. The van der Waals surface area contributed by atoms with Gasteiger partial charge in [0.15, 0.2) is 0 Å². The number of hydrogen-bond donors (Lipinski definition) is 1. The van der Waals surface area contributed by atoms with Crippen LogP contribution in [0.5, 0.6) is 5.75 Å². The molecule has 0 aliphatic carbocycles. The molecule has 1 aromatic rings. The molecule has 1 aliphatic heterocycles. The van der Waals surface area contributed by atoms with Crippen molar-refractivity contribution in [2.45, 2.75) is 46.1 Å². The van der Waals surface area contributed by atoms with Crippen molar-refractivity contribution in [2.75, 3.05) is 13.2 Å². The van der Waals surface area contributed by atoms with Crippen LogP contribution in [0.4, 0.5) is 0 Å². The van der Waals surface area contributed by atoms with Crippen LogP contribution in [0.1, 0.15) is 50.8 Å². The minimum atomic E-state index is 0.338. The van der Waals surface area contributed by atoms with Gasteiger partial charge in [0.05, 0.1) is 6.61 Å². The van der Waals surface area contributed by atoms with Gasteiger partial charge in [-0.1, -0.05) is 38.8 Å². The molecule has 1 N–H and O–H groups in total. The van der Waals surface area contributed by atoms with Crippen LogP contribution in [0.3, 0.4) is 0 Å². The molecule has 0 radical (unpaired) electrons. The molecule has 3 heteroatoms. The number of benzene rings is 1. The van der Waals surface area contributed by atoms with E-state index >= 15 is 0 Å². The number of halogens is 1. The van der Waals surface area contributed by atoms with E-state index in [0.29, 0.717) is 12.0 Å². The van der Waals surface area contributed by atoms with E-state index in [4.69, 9.17) is 16.3 Å². The lowest BCUT2D eigenvalue weighted by Gasteiger charge is -2.23. The van der Waals surface area contributed by atoms with Crippen LogP contribution in [0.2, 0.25) is 5.02 Å². The molecule has 2 rings (SSSR count). The first kappa shape index (κ1) is 14.7. The highest BCUT2D eigenvalue weighted by Gasteiger charge is 2.23. The van der Waals surface area contributed by atoms with Crippen molar-refractivity contribution in [3.63, 3.8) is 0 Å². The summed E-state index contributed by atoms with van der Waals surface area (Å²) in [6, 6.07) is 4.45. The Kier molecular flexibility index (Phi) is 5.12. The standard InChI is InChI=1S/C16H24ClNO/c1-4-11(3)8-15(18-5-2)14-10-13(17)9-12-6-7-19-16(12)14/h9-11,15,18H,4-8H2,1-3H3. The molecular formula is C16H24ClNO. The van der Waals surface area contributed by atoms with Gasteiger partial charge in [0, 0.05) is 23.0 Å². The van der Waals surface area contributed by atoms with Crippen molar-refractivity contribution < 1.29 is 4.74 Å². The lowest BCUT2D eigenvalue weighted by Crippen LogP contribution is -2.23. The quantitative estimate of drug-likeness (QED) is 0.836. The number of nitrogens with one attached hydrogen (secondary N) is 1. The molecule has 0 aromatic heterocycles. The Balaban J connectivity index is 2.30. The van der Waals surface area contributed by atoms with Gasteiger partial charge < -0.3 is 10.1 Å². The van der Waals surface area contributed by atoms with Crippen LogP contribution in [-0.4, -0.2) is 13.2 Å². The summed E-state index contributed by atoms with van der Waals surface area (Å²) < 4.78 is 5.83. The summed E-state index contributed by atoms with van der Waals surface area (Å²) in [7, 11) is 0. The predicted molar refractivity (Wildman–Crippen MR) is 81.1 cm³/mol. The maximum Gasteiger partial charge on any atom is 0.127 e. The Bertz CT molecular complexity index is 433. The van der Waals surface area contributed by atoms with Crippen molar-refractivity contribution in [1.29, 1.82) is 0 Å². The highest BCUT2D eigenvalue weighted by Crippen LogP contribution is 2.38. The lowest BCUT2D eigenvalue weighted by atomic mass is 9.92. The van der Waals surface area contributed by atoms with Crippen LogP contribution in [0.25, 0.3) is 0 Å². The first-order valence-corrected chi connectivity index (χ1v) is 7.72. The largest absolute Gasteiger partial charge is 0.493 e. The molecule has 1 aromatic carbocycles. The number of rotatable bonds is 6. The zero-order valence-electron chi connectivity index (χ0n) is 12.1. The van der Waals surface area contributed by atoms with Crippen molar-refractivity contribution in [3.05, 3.63) is 28.3 Å². The first-order chi connectivity index (χ1) is 9.15. The molecule has 2 unspecified atom stereocenters. The van der Waals surface area contributed by atoms with E-state index in [1.807, 2.05) is 6.07 Å². The molecule has 0 spiro atoms. The van der Waals surface area contributed by atoms with Gasteiger partial charge in [-0.3, -0.25) is 0 Å². The second-order valence-electron chi connectivity index (χ2n) is 5.44. The average molecular weight is 282 g/mol. The zero-order valence-corrected chi connectivity index (χ0v) is 12.9. The van der Waals surface area contributed by atoms with Gasteiger partial charge in [-0.05, 0) is 36.6 Å². The fourth-order valence-corrected chi connectivity index (χ4v) is 2.94. The van der Waals surface area contributed by atoms with Crippen LogP contribution in [0.15, 0.2) is 12.1 Å². The number of fused-ring (bicyclic) bond motifs is 1. The minimum Gasteiger partial charge on any atom is -0.493 e. The van der Waals surface area contributed by atoms with Gasteiger partial charge in [-0.25, -0.2) is 0 Å². The first-order valence-electron chi connectivity index (χ1n) is 7.34. The molecule has 0 saturated carbocycles. The molecule has 1 heterocycles. The van der Waals surface area contributed by atoms with Gasteiger partial charge >= 0.3 is 0 Å². The number of ether oxygens (including phenoxy) is 1. The van der Waals surface area contributed by atoms with E-state index in [1.54, 1.807) is 0 Å². The fourth-order valence-electron chi connectivity index (χ4n) is 2.69. The summed E-state index contributed by atoms with van der Waals surface area (Å²) in [5.74, 6) is 1.76. The smallest absolute Gasteiger partial charge is 0.127 e. The van der Waals surface area contributed by atoms with E-state index in [2.05, 4.69) is 32.2 Å². The summed E-state index contributed by atoms with van der Waals surface area (Å²) in [5, 5.41) is 4.41. The number of hydrogen-bond acceptors (Lipinski definition) is 2. The van der Waals surface area contributed by atoms with Crippen molar-refractivity contribution >= 4 is 11.6 Å². The van der Waals surface area contributed by atoms with Gasteiger partial charge in [0.1, 0.15) is 5.75 Å². The topological polar surface area (TPSA) is 21.3 Å². The highest BCUT2D eigenvalue weighted by molar-refractivity contribution is 6.30. The van der Waals surface area contributed by atoms with E-state index in [1.165, 1.54) is 17.5 Å². The molecule has 0 bridgehead atoms. The summed E-state index contributed by atoms with van der Waals surface area (Å²) in [4.78, 5) is 0. The van der Waals surface area contributed by atoms with E-state index in [9.17, 15) is 0 Å². The van der Waals surface area contributed by atoms with Gasteiger partial charge in [-0.2, -0.15) is 0 Å². The maximum atomic E-state index is 6.26. The molecule has 0 saturated heterocycles. The lowest BCUT2D eigenvalue weighted by molar-refractivity contribution is 0.340. The summed E-state index contributed by atoms with van der Waals surface area (Å²) in [5.41, 5.74) is 2.50. The Morgan fingerprint density at radius 1 is 1.37 bits per heavy atom. The predicted octanol–water partition coefficient (Wildman–Crippen LogP) is 4.36. The van der Waals surface area contributed by atoms with Crippen LogP contribution < -0.4 is 10.1 Å². The summed E-state index contributed by atoms with van der Waals surface area (Å²) in [6.45, 7) is 8.44. The molecule has 2 nitrogen and oxygen atoms in total. The minimum absolute atomic E-state index is 0.338. The van der Waals surface area contributed by atoms with E-state index < -0.39 is 0 Å². The van der Waals surface area contributed by atoms with Crippen molar-refractivity contribution in [2.24, 2.45) is 5.92 Å². The van der Waals surface area contributed by atoms with E-state index in [0.717, 1.165) is 36.8 Å². The average Bonchev–Trinajstić information content (AvgIpc) is 2.85. The molecule has 2 atom stereocenters. The van der Waals surface area contributed by atoms with Crippen LogP contribution >= 0.6 is 11.6 Å². The van der Waals surface area contributed by atoms with Crippen LogP contribution in [-0.2, 0) is 6.42 Å². The van der Waals surface area contributed by atoms with Gasteiger partial charge in [0.25, 0.3) is 0 Å². The van der Waals surface area contributed by atoms with Crippen molar-refractivity contribution in [3.8, 4) is 5.75 Å². The third-order valence-electron chi connectivity index (χ3n) is 3.94.